The molecule has 0 spiro atoms. The second kappa shape index (κ2) is 5.38. The molecule has 0 aromatic carbocycles. The normalized spacial score (nSPS) is 39.6. The number of likely N-dealkylation sites (N-methyl/N-ethyl adjacent to an activating group) is 1. The Balaban J connectivity index is 1.68. The highest BCUT2D eigenvalue weighted by molar-refractivity contribution is 5.80. The fourth-order valence-electron chi connectivity index (χ4n) is 3.79. The molecular formula is C14H25N3O2. The Hall–Kier alpha value is -0.650. The van der Waals surface area contributed by atoms with Crippen LogP contribution in [0.2, 0.25) is 0 Å². The monoisotopic (exact) mass is 267 g/mol. The van der Waals surface area contributed by atoms with Crippen molar-refractivity contribution in [2.45, 2.75) is 37.9 Å². The van der Waals surface area contributed by atoms with Crippen molar-refractivity contribution in [3.05, 3.63) is 0 Å². The summed E-state index contributed by atoms with van der Waals surface area (Å²) in [5.41, 5.74) is 0. The van der Waals surface area contributed by atoms with E-state index < -0.39 is 0 Å². The molecule has 3 heterocycles. The van der Waals surface area contributed by atoms with Crippen molar-refractivity contribution < 1.29 is 9.53 Å². The number of carbonyl (C=O) groups excluding carboxylic acids is 1. The van der Waals surface area contributed by atoms with Crippen molar-refractivity contribution in [3.8, 4) is 0 Å². The maximum absolute atomic E-state index is 12.8. The summed E-state index contributed by atoms with van der Waals surface area (Å²) in [6.45, 7) is 6.56. The van der Waals surface area contributed by atoms with Gasteiger partial charge >= 0.3 is 0 Å². The Morgan fingerprint density at radius 3 is 2.95 bits per heavy atom. The maximum Gasteiger partial charge on any atom is 0.230 e. The Labute approximate surface area is 115 Å². The molecule has 0 aromatic heterocycles. The first kappa shape index (κ1) is 13.3. The third-order valence-electron chi connectivity index (χ3n) is 4.99. The van der Waals surface area contributed by atoms with Crippen LogP contribution in [0, 0.1) is 5.92 Å². The van der Waals surface area contributed by atoms with Gasteiger partial charge in [-0.15, -0.1) is 0 Å². The predicted molar refractivity (Wildman–Crippen MR) is 72.9 cm³/mol. The molecule has 4 atom stereocenters. The summed E-state index contributed by atoms with van der Waals surface area (Å²) in [5, 5.41) is 3.21. The van der Waals surface area contributed by atoms with E-state index in [4.69, 9.17) is 4.74 Å². The van der Waals surface area contributed by atoms with Gasteiger partial charge in [0.05, 0.1) is 19.1 Å². The summed E-state index contributed by atoms with van der Waals surface area (Å²) >= 11 is 0. The van der Waals surface area contributed by atoms with Gasteiger partial charge in [0.1, 0.15) is 0 Å². The number of piperazine rings is 1. The molecule has 0 aliphatic carbocycles. The van der Waals surface area contributed by atoms with Crippen molar-refractivity contribution in [3.63, 3.8) is 0 Å². The van der Waals surface area contributed by atoms with Crippen molar-refractivity contribution in [2.24, 2.45) is 5.92 Å². The number of rotatable bonds is 2. The molecule has 0 aromatic rings. The van der Waals surface area contributed by atoms with Gasteiger partial charge in [-0.05, 0) is 33.4 Å². The fourth-order valence-corrected chi connectivity index (χ4v) is 3.79. The summed E-state index contributed by atoms with van der Waals surface area (Å²) in [6.07, 6.45) is 2.53. The van der Waals surface area contributed by atoms with Crippen LogP contribution in [-0.2, 0) is 9.53 Å². The molecule has 1 amide bonds. The van der Waals surface area contributed by atoms with Crippen LogP contribution in [0.1, 0.15) is 19.8 Å². The Morgan fingerprint density at radius 2 is 2.16 bits per heavy atom. The topological polar surface area (TPSA) is 44.8 Å². The third-order valence-corrected chi connectivity index (χ3v) is 4.99. The lowest BCUT2D eigenvalue weighted by Crippen LogP contribution is -2.59. The zero-order valence-corrected chi connectivity index (χ0v) is 12.0. The van der Waals surface area contributed by atoms with Gasteiger partial charge in [-0.25, -0.2) is 0 Å². The zero-order chi connectivity index (χ0) is 13.4. The summed E-state index contributed by atoms with van der Waals surface area (Å²) < 4.78 is 5.47. The van der Waals surface area contributed by atoms with Crippen molar-refractivity contribution in [1.82, 2.24) is 15.1 Å². The molecule has 4 unspecified atom stereocenters. The lowest BCUT2D eigenvalue weighted by molar-refractivity contribution is -0.141. The molecule has 3 aliphatic heterocycles. The Morgan fingerprint density at radius 1 is 1.32 bits per heavy atom. The molecule has 3 fully saturated rings. The summed E-state index contributed by atoms with van der Waals surface area (Å²) in [4.78, 5) is 17.4. The zero-order valence-electron chi connectivity index (χ0n) is 12.0. The van der Waals surface area contributed by atoms with Gasteiger partial charge in [0.25, 0.3) is 0 Å². The fraction of sp³-hybridized carbons (Fsp3) is 0.929. The van der Waals surface area contributed by atoms with Gasteiger partial charge in [-0.1, -0.05) is 0 Å². The van der Waals surface area contributed by atoms with E-state index in [1.807, 2.05) is 7.05 Å². The molecule has 3 saturated heterocycles. The number of hydrogen-bond acceptors (Lipinski definition) is 4. The molecular weight excluding hydrogens is 242 g/mol. The smallest absolute Gasteiger partial charge is 0.230 e. The summed E-state index contributed by atoms with van der Waals surface area (Å²) in [6, 6.07) is 1.11. The van der Waals surface area contributed by atoms with E-state index in [2.05, 4.69) is 22.0 Å². The lowest BCUT2D eigenvalue weighted by atomic mass is 9.99. The largest absolute Gasteiger partial charge is 0.379 e. The number of nitrogens with zero attached hydrogens (tertiary/aromatic N) is 2. The maximum atomic E-state index is 12.8. The first-order chi connectivity index (χ1) is 9.20. The summed E-state index contributed by atoms with van der Waals surface area (Å²) in [7, 11) is 1.91. The number of hydrogen-bond donors (Lipinski definition) is 1. The molecule has 19 heavy (non-hydrogen) atoms. The third kappa shape index (κ3) is 2.39. The van der Waals surface area contributed by atoms with E-state index in [1.165, 1.54) is 19.4 Å². The SMILES string of the molecule is CNC1COCC1C(=O)N1CC2CCCN2CC1C. The van der Waals surface area contributed by atoms with Crippen LogP contribution in [0.5, 0.6) is 0 Å². The Kier molecular flexibility index (Phi) is 3.78. The van der Waals surface area contributed by atoms with Crippen LogP contribution in [-0.4, -0.2) is 73.7 Å². The van der Waals surface area contributed by atoms with E-state index in [1.54, 1.807) is 0 Å². The molecule has 0 saturated carbocycles. The van der Waals surface area contributed by atoms with Crippen LogP contribution < -0.4 is 5.32 Å². The second-order valence-electron chi connectivity index (χ2n) is 6.17. The highest BCUT2D eigenvalue weighted by Crippen LogP contribution is 2.27. The first-order valence-electron chi connectivity index (χ1n) is 7.50. The molecule has 3 rings (SSSR count). The van der Waals surface area contributed by atoms with Crippen LogP contribution in [0.25, 0.3) is 0 Å². The lowest BCUT2D eigenvalue weighted by Gasteiger charge is -2.43. The van der Waals surface area contributed by atoms with Gasteiger partial charge in [0, 0.05) is 31.2 Å². The number of ether oxygens (including phenoxy) is 1. The molecule has 108 valence electrons. The van der Waals surface area contributed by atoms with Crippen LogP contribution in [0.4, 0.5) is 0 Å². The molecule has 1 N–H and O–H groups in total. The van der Waals surface area contributed by atoms with E-state index in [0.29, 0.717) is 25.3 Å². The predicted octanol–water partition coefficient (Wildman–Crippen LogP) is -0.0841. The van der Waals surface area contributed by atoms with Crippen molar-refractivity contribution >= 4 is 5.91 Å². The standard InChI is InChI=1S/C14H25N3O2/c1-10-6-16-5-3-4-11(16)7-17(10)14(18)12-8-19-9-13(12)15-2/h10-13,15H,3-9H2,1-2H3. The van der Waals surface area contributed by atoms with Gasteiger partial charge in [-0.3, -0.25) is 9.69 Å². The van der Waals surface area contributed by atoms with E-state index in [0.717, 1.165) is 13.1 Å². The van der Waals surface area contributed by atoms with Gasteiger partial charge < -0.3 is 15.0 Å². The molecule has 5 nitrogen and oxygen atoms in total. The van der Waals surface area contributed by atoms with Crippen molar-refractivity contribution in [1.29, 1.82) is 0 Å². The number of amides is 1. The molecule has 0 radical (unpaired) electrons. The highest BCUT2D eigenvalue weighted by atomic mass is 16.5. The van der Waals surface area contributed by atoms with Crippen LogP contribution in [0.15, 0.2) is 0 Å². The highest BCUT2D eigenvalue weighted by Gasteiger charge is 2.41. The minimum absolute atomic E-state index is 0.000373. The van der Waals surface area contributed by atoms with Gasteiger partial charge in [0.2, 0.25) is 5.91 Å². The van der Waals surface area contributed by atoms with Gasteiger partial charge in [0.15, 0.2) is 0 Å². The quantitative estimate of drug-likeness (QED) is 0.760. The van der Waals surface area contributed by atoms with Gasteiger partial charge in [-0.2, -0.15) is 0 Å². The second-order valence-corrected chi connectivity index (χ2v) is 6.17. The Bertz CT molecular complexity index is 350. The number of fused-ring (bicyclic) bond motifs is 1. The van der Waals surface area contributed by atoms with Crippen molar-refractivity contribution in [2.75, 3.05) is 39.9 Å². The number of carbonyl (C=O) groups is 1. The van der Waals surface area contributed by atoms with Crippen LogP contribution in [0.3, 0.4) is 0 Å². The molecule has 3 aliphatic rings. The van der Waals surface area contributed by atoms with E-state index >= 15 is 0 Å². The minimum Gasteiger partial charge on any atom is -0.379 e. The van der Waals surface area contributed by atoms with Crippen LogP contribution >= 0.6 is 0 Å². The molecule has 5 heteroatoms. The van der Waals surface area contributed by atoms with E-state index in [9.17, 15) is 4.79 Å². The minimum atomic E-state index is 0.000373. The van der Waals surface area contributed by atoms with E-state index in [-0.39, 0.29) is 17.9 Å². The average molecular weight is 267 g/mol. The molecule has 0 bridgehead atoms. The first-order valence-corrected chi connectivity index (χ1v) is 7.50. The summed E-state index contributed by atoms with van der Waals surface area (Å²) in [5.74, 6) is 0.288. The average Bonchev–Trinajstić information content (AvgIpc) is 3.04. The number of nitrogens with one attached hydrogen (secondary N) is 1.